The molecule has 21 heavy (non-hydrogen) atoms. The fourth-order valence-corrected chi connectivity index (χ4v) is 2.29. The number of ether oxygens (including phenoxy) is 2. The van der Waals surface area contributed by atoms with Crippen LogP contribution in [0, 0.1) is 0 Å². The third-order valence-corrected chi connectivity index (χ3v) is 3.33. The Morgan fingerprint density at radius 2 is 1.57 bits per heavy atom. The van der Waals surface area contributed by atoms with Crippen molar-refractivity contribution in [3.8, 4) is 11.5 Å². The summed E-state index contributed by atoms with van der Waals surface area (Å²) in [6.07, 6.45) is 4.24. The molecule has 2 aromatic rings. The molecule has 0 atom stereocenters. The zero-order valence-electron chi connectivity index (χ0n) is 12.4. The number of benzene rings is 2. The summed E-state index contributed by atoms with van der Waals surface area (Å²) in [7, 11) is 1.62. The van der Waals surface area contributed by atoms with Crippen molar-refractivity contribution in [2.24, 2.45) is 0 Å². The second kappa shape index (κ2) is 8.32. The smallest absolute Gasteiger partial charge is 0.188 e. The van der Waals surface area contributed by atoms with E-state index >= 15 is 0 Å². The Kier molecular flexibility index (Phi) is 6.10. The van der Waals surface area contributed by atoms with Crippen LogP contribution in [0.2, 0.25) is 0 Å². The molecule has 2 rings (SSSR count). The average molecular weight is 286 g/mol. The van der Waals surface area contributed by atoms with Gasteiger partial charge in [0, 0.05) is 7.11 Å². The molecule has 1 N–H and O–H groups in total. The number of phenolic OH excluding ortho intramolecular Hbond substituents is 1. The summed E-state index contributed by atoms with van der Waals surface area (Å²) in [5.74, 6) is 1.19. The van der Waals surface area contributed by atoms with E-state index < -0.39 is 0 Å². The van der Waals surface area contributed by atoms with Crippen LogP contribution >= 0.6 is 0 Å². The highest BCUT2D eigenvalue weighted by atomic mass is 16.7. The van der Waals surface area contributed by atoms with Gasteiger partial charge in [-0.05, 0) is 61.1 Å². The normalized spacial score (nSPS) is 10.5. The molecule has 2 aromatic carbocycles. The Bertz CT molecular complexity index is 552. The Hall–Kier alpha value is -2.00. The minimum absolute atomic E-state index is 0.279. The lowest BCUT2D eigenvalue weighted by molar-refractivity contribution is 0.0511. The number of methoxy groups -OCH3 is 1. The number of aromatic hydroxyl groups is 1. The fraction of sp³-hybridized carbons (Fsp3) is 0.333. The molecule has 112 valence electrons. The number of unbranched alkanes of at least 4 members (excludes halogenated alkanes) is 1. The minimum Gasteiger partial charge on any atom is -0.508 e. The summed E-state index contributed by atoms with van der Waals surface area (Å²) in [5, 5.41) is 9.42. The van der Waals surface area contributed by atoms with Crippen LogP contribution < -0.4 is 4.74 Å². The van der Waals surface area contributed by atoms with Crippen LogP contribution in [-0.2, 0) is 17.6 Å². The van der Waals surface area contributed by atoms with Gasteiger partial charge >= 0.3 is 0 Å². The molecule has 0 unspecified atom stereocenters. The van der Waals surface area contributed by atoms with Crippen LogP contribution in [0.15, 0.2) is 48.5 Å². The Balaban J connectivity index is 1.75. The highest BCUT2D eigenvalue weighted by Gasteiger charge is 1.99. The van der Waals surface area contributed by atoms with Gasteiger partial charge < -0.3 is 14.6 Å². The quantitative estimate of drug-likeness (QED) is 0.590. The van der Waals surface area contributed by atoms with Gasteiger partial charge in [-0.3, -0.25) is 0 Å². The van der Waals surface area contributed by atoms with E-state index in [0.29, 0.717) is 5.75 Å². The van der Waals surface area contributed by atoms with Crippen LogP contribution in [0.1, 0.15) is 24.0 Å². The van der Waals surface area contributed by atoms with E-state index in [1.807, 2.05) is 24.3 Å². The molecule has 0 aliphatic heterocycles. The van der Waals surface area contributed by atoms with Crippen LogP contribution in [0.3, 0.4) is 0 Å². The van der Waals surface area contributed by atoms with E-state index in [1.165, 1.54) is 11.1 Å². The predicted molar refractivity (Wildman–Crippen MR) is 83.7 cm³/mol. The number of phenols is 1. The molecule has 3 nitrogen and oxygen atoms in total. The number of aryl methyl sites for hydroxylation is 2. The first-order chi connectivity index (χ1) is 10.3. The monoisotopic (exact) mass is 286 g/mol. The molecule has 0 bridgehead atoms. The first-order valence-corrected chi connectivity index (χ1v) is 7.26. The van der Waals surface area contributed by atoms with E-state index in [-0.39, 0.29) is 6.79 Å². The highest BCUT2D eigenvalue weighted by molar-refractivity contribution is 5.29. The van der Waals surface area contributed by atoms with E-state index in [4.69, 9.17) is 9.47 Å². The van der Waals surface area contributed by atoms with Gasteiger partial charge in [0.05, 0.1) is 0 Å². The van der Waals surface area contributed by atoms with Gasteiger partial charge in [-0.25, -0.2) is 0 Å². The molecule has 0 fully saturated rings. The summed E-state index contributed by atoms with van der Waals surface area (Å²) in [6.45, 7) is 0.279. The zero-order valence-corrected chi connectivity index (χ0v) is 12.4. The first kappa shape index (κ1) is 15.4. The molecule has 0 aliphatic rings. The lowest BCUT2D eigenvalue weighted by Crippen LogP contribution is -1.99. The van der Waals surface area contributed by atoms with Crippen molar-refractivity contribution in [1.29, 1.82) is 0 Å². The van der Waals surface area contributed by atoms with E-state index in [2.05, 4.69) is 18.2 Å². The summed E-state index contributed by atoms with van der Waals surface area (Å²) < 4.78 is 10.3. The topological polar surface area (TPSA) is 38.7 Å². The highest BCUT2D eigenvalue weighted by Crippen LogP contribution is 2.17. The predicted octanol–water partition coefficient (Wildman–Crippen LogP) is 3.94. The molecule has 0 saturated carbocycles. The van der Waals surface area contributed by atoms with E-state index in [9.17, 15) is 5.11 Å². The number of hydrogen-bond acceptors (Lipinski definition) is 3. The van der Waals surface area contributed by atoms with Crippen molar-refractivity contribution in [2.45, 2.75) is 25.7 Å². The number of hydrogen-bond donors (Lipinski definition) is 1. The zero-order chi connectivity index (χ0) is 14.9. The first-order valence-electron chi connectivity index (χ1n) is 7.26. The third-order valence-electron chi connectivity index (χ3n) is 3.33. The SMILES string of the molecule is COCOc1cccc(CCCCc2cccc(O)c2)c1. The molecule has 0 aromatic heterocycles. The molecule has 0 amide bonds. The molecular weight excluding hydrogens is 264 g/mol. The molecule has 0 heterocycles. The maximum atomic E-state index is 9.42. The van der Waals surface area contributed by atoms with Gasteiger partial charge in [0.25, 0.3) is 0 Å². The van der Waals surface area contributed by atoms with Crippen molar-refractivity contribution in [3.63, 3.8) is 0 Å². The second-order valence-corrected chi connectivity index (χ2v) is 5.08. The van der Waals surface area contributed by atoms with Gasteiger partial charge in [0.2, 0.25) is 0 Å². The lowest BCUT2D eigenvalue weighted by Gasteiger charge is -2.07. The third kappa shape index (κ3) is 5.48. The maximum Gasteiger partial charge on any atom is 0.188 e. The molecule has 0 aliphatic carbocycles. The van der Waals surface area contributed by atoms with Gasteiger partial charge in [-0.2, -0.15) is 0 Å². The van der Waals surface area contributed by atoms with E-state index in [1.54, 1.807) is 13.2 Å². The Labute approximate surface area is 126 Å². The van der Waals surface area contributed by atoms with Gasteiger partial charge in [0.15, 0.2) is 6.79 Å². The van der Waals surface area contributed by atoms with Crippen LogP contribution in [0.4, 0.5) is 0 Å². The molecular formula is C18H22O3. The molecule has 3 heteroatoms. The summed E-state index contributed by atoms with van der Waals surface area (Å²) in [4.78, 5) is 0. The summed E-state index contributed by atoms with van der Waals surface area (Å²) in [6, 6.07) is 15.6. The average Bonchev–Trinajstić information content (AvgIpc) is 2.50. The van der Waals surface area contributed by atoms with Gasteiger partial charge in [0.1, 0.15) is 11.5 Å². The van der Waals surface area contributed by atoms with Crippen molar-refractivity contribution in [1.82, 2.24) is 0 Å². The van der Waals surface area contributed by atoms with E-state index in [0.717, 1.165) is 31.4 Å². The molecule has 0 spiro atoms. The van der Waals surface area contributed by atoms with Crippen molar-refractivity contribution < 1.29 is 14.6 Å². The summed E-state index contributed by atoms with van der Waals surface area (Å²) >= 11 is 0. The molecule has 0 saturated heterocycles. The van der Waals surface area contributed by atoms with Crippen molar-refractivity contribution in [3.05, 3.63) is 59.7 Å². The molecule has 0 radical (unpaired) electrons. The number of rotatable bonds is 8. The van der Waals surface area contributed by atoms with Crippen molar-refractivity contribution in [2.75, 3.05) is 13.9 Å². The van der Waals surface area contributed by atoms with Crippen LogP contribution in [0.25, 0.3) is 0 Å². The van der Waals surface area contributed by atoms with Crippen LogP contribution in [0.5, 0.6) is 11.5 Å². The minimum atomic E-state index is 0.279. The lowest BCUT2D eigenvalue weighted by atomic mass is 10.0. The summed E-state index contributed by atoms with van der Waals surface area (Å²) in [5.41, 5.74) is 2.46. The van der Waals surface area contributed by atoms with Crippen LogP contribution in [-0.4, -0.2) is 19.0 Å². The Morgan fingerprint density at radius 1 is 0.905 bits per heavy atom. The maximum absolute atomic E-state index is 9.42. The standard InChI is InChI=1S/C18H22O3/c1-20-14-21-18-11-5-9-16(13-18)7-3-2-6-15-8-4-10-17(19)12-15/h4-5,8-13,19H,2-3,6-7,14H2,1H3. The Morgan fingerprint density at radius 3 is 2.24 bits per heavy atom. The fourth-order valence-electron chi connectivity index (χ4n) is 2.29. The largest absolute Gasteiger partial charge is 0.508 e. The second-order valence-electron chi connectivity index (χ2n) is 5.08. The van der Waals surface area contributed by atoms with Crippen molar-refractivity contribution >= 4 is 0 Å². The van der Waals surface area contributed by atoms with Gasteiger partial charge in [-0.1, -0.05) is 24.3 Å². The van der Waals surface area contributed by atoms with Gasteiger partial charge in [-0.15, -0.1) is 0 Å².